The monoisotopic (exact) mass is 179 g/mol. The molecule has 0 amide bonds. The van der Waals surface area contributed by atoms with Crippen molar-refractivity contribution in [2.45, 2.75) is 33.2 Å². The average molecular weight is 179 g/mol. The Morgan fingerprint density at radius 2 is 1.85 bits per heavy atom. The Morgan fingerprint density at radius 3 is 2.31 bits per heavy atom. The van der Waals surface area contributed by atoms with Crippen molar-refractivity contribution in [2.24, 2.45) is 11.7 Å². The molecule has 0 aliphatic rings. The zero-order valence-electron chi connectivity index (χ0n) is 8.70. The topological polar surface area (TPSA) is 51.8 Å². The van der Waals surface area contributed by atoms with E-state index in [1.165, 1.54) is 0 Å². The number of aromatic nitrogens is 2. The minimum Gasteiger partial charge on any atom is -0.320 e. The number of hydrogen-bond donors (Lipinski definition) is 1. The molecule has 0 saturated heterocycles. The molecule has 13 heavy (non-hydrogen) atoms. The zero-order valence-corrected chi connectivity index (χ0v) is 8.70. The van der Waals surface area contributed by atoms with Crippen LogP contribution in [0.1, 0.15) is 32.2 Å². The van der Waals surface area contributed by atoms with Crippen LogP contribution in [0.5, 0.6) is 0 Å². The molecule has 0 aromatic carbocycles. The summed E-state index contributed by atoms with van der Waals surface area (Å²) in [6.45, 7) is 8.12. The quantitative estimate of drug-likeness (QED) is 0.750. The molecule has 1 atom stereocenters. The molecule has 2 N–H and O–H groups in total. The van der Waals surface area contributed by atoms with Gasteiger partial charge < -0.3 is 5.73 Å². The Balaban J connectivity index is 3.14. The van der Waals surface area contributed by atoms with Crippen LogP contribution in [-0.2, 0) is 5.54 Å². The number of nitrogens with two attached hydrogens (primary N) is 1. The van der Waals surface area contributed by atoms with Crippen LogP contribution >= 0.6 is 0 Å². The van der Waals surface area contributed by atoms with E-state index in [-0.39, 0.29) is 0 Å². The number of aryl methyl sites for hydroxylation is 1. The van der Waals surface area contributed by atoms with Crippen LogP contribution in [0.15, 0.2) is 12.4 Å². The first-order valence-corrected chi connectivity index (χ1v) is 4.53. The van der Waals surface area contributed by atoms with E-state index in [0.29, 0.717) is 5.92 Å². The Hall–Kier alpha value is -0.960. The summed E-state index contributed by atoms with van der Waals surface area (Å²) in [5.41, 5.74) is 7.60. The maximum absolute atomic E-state index is 6.18. The fourth-order valence-corrected chi connectivity index (χ4v) is 1.21. The van der Waals surface area contributed by atoms with Gasteiger partial charge in [-0.1, -0.05) is 13.8 Å². The van der Waals surface area contributed by atoms with Gasteiger partial charge in [-0.05, 0) is 19.8 Å². The van der Waals surface area contributed by atoms with Crippen LogP contribution < -0.4 is 5.73 Å². The van der Waals surface area contributed by atoms with E-state index in [1.54, 1.807) is 12.4 Å². The van der Waals surface area contributed by atoms with Gasteiger partial charge >= 0.3 is 0 Å². The lowest BCUT2D eigenvalue weighted by Gasteiger charge is -2.29. The second-order valence-corrected chi connectivity index (χ2v) is 3.93. The third kappa shape index (κ3) is 1.86. The molecule has 1 aromatic rings. The molecule has 0 bridgehead atoms. The van der Waals surface area contributed by atoms with Gasteiger partial charge in [-0.2, -0.15) is 0 Å². The van der Waals surface area contributed by atoms with Crippen LogP contribution in [-0.4, -0.2) is 9.97 Å². The Labute approximate surface area is 79.4 Å². The van der Waals surface area contributed by atoms with Gasteiger partial charge in [0.25, 0.3) is 0 Å². The van der Waals surface area contributed by atoms with Gasteiger partial charge in [-0.25, -0.2) is 0 Å². The van der Waals surface area contributed by atoms with E-state index in [9.17, 15) is 0 Å². The molecule has 1 unspecified atom stereocenters. The first kappa shape index (κ1) is 10.1. The van der Waals surface area contributed by atoms with Gasteiger partial charge in [0.2, 0.25) is 0 Å². The molecule has 0 aliphatic heterocycles. The van der Waals surface area contributed by atoms with Gasteiger partial charge in [0.15, 0.2) is 0 Å². The van der Waals surface area contributed by atoms with E-state index in [0.717, 1.165) is 11.4 Å². The van der Waals surface area contributed by atoms with Crippen molar-refractivity contribution in [3.05, 3.63) is 23.8 Å². The summed E-state index contributed by atoms with van der Waals surface area (Å²) < 4.78 is 0. The summed E-state index contributed by atoms with van der Waals surface area (Å²) in [4.78, 5) is 8.47. The molecule has 0 radical (unpaired) electrons. The third-order valence-corrected chi connectivity index (χ3v) is 2.59. The second kappa shape index (κ2) is 3.42. The SMILES string of the molecule is Cc1nccnc1C(C)(N)C(C)C. The van der Waals surface area contributed by atoms with E-state index in [1.807, 2.05) is 13.8 Å². The summed E-state index contributed by atoms with van der Waals surface area (Å²) in [5.74, 6) is 0.350. The first-order chi connectivity index (χ1) is 5.96. The molecule has 3 nitrogen and oxygen atoms in total. The molecular weight excluding hydrogens is 162 g/mol. The van der Waals surface area contributed by atoms with Gasteiger partial charge in [-0.3, -0.25) is 9.97 Å². The van der Waals surface area contributed by atoms with Gasteiger partial charge in [0, 0.05) is 12.4 Å². The van der Waals surface area contributed by atoms with Crippen molar-refractivity contribution in [1.82, 2.24) is 9.97 Å². The van der Waals surface area contributed by atoms with Crippen LogP contribution in [0.2, 0.25) is 0 Å². The summed E-state index contributed by atoms with van der Waals surface area (Å²) in [5, 5.41) is 0. The number of nitrogens with zero attached hydrogens (tertiary/aromatic N) is 2. The maximum atomic E-state index is 6.18. The lowest BCUT2D eigenvalue weighted by atomic mass is 9.85. The molecule has 1 heterocycles. The van der Waals surface area contributed by atoms with Crippen molar-refractivity contribution in [2.75, 3.05) is 0 Å². The molecule has 0 saturated carbocycles. The summed E-state index contributed by atoms with van der Waals surface area (Å²) in [7, 11) is 0. The lowest BCUT2D eigenvalue weighted by molar-refractivity contribution is 0.338. The van der Waals surface area contributed by atoms with Crippen molar-refractivity contribution >= 4 is 0 Å². The fourth-order valence-electron chi connectivity index (χ4n) is 1.21. The number of rotatable bonds is 2. The molecular formula is C10H17N3. The van der Waals surface area contributed by atoms with Crippen LogP contribution in [0.25, 0.3) is 0 Å². The van der Waals surface area contributed by atoms with Crippen molar-refractivity contribution < 1.29 is 0 Å². The smallest absolute Gasteiger partial charge is 0.0814 e. The summed E-state index contributed by atoms with van der Waals surface area (Å²) in [6, 6.07) is 0. The molecule has 1 rings (SSSR count). The van der Waals surface area contributed by atoms with Gasteiger partial charge in [0.1, 0.15) is 0 Å². The van der Waals surface area contributed by atoms with Gasteiger partial charge in [0.05, 0.1) is 16.9 Å². The standard InChI is InChI=1S/C10H17N3/c1-7(2)10(4,11)9-8(3)12-5-6-13-9/h5-7H,11H2,1-4H3. The van der Waals surface area contributed by atoms with E-state index >= 15 is 0 Å². The van der Waals surface area contributed by atoms with Crippen LogP contribution in [0, 0.1) is 12.8 Å². The predicted molar refractivity (Wildman–Crippen MR) is 53.1 cm³/mol. The third-order valence-electron chi connectivity index (χ3n) is 2.59. The fraction of sp³-hybridized carbons (Fsp3) is 0.600. The molecule has 0 aliphatic carbocycles. The zero-order chi connectivity index (χ0) is 10.1. The highest BCUT2D eigenvalue weighted by atomic mass is 14.9. The van der Waals surface area contributed by atoms with E-state index in [2.05, 4.69) is 23.8 Å². The number of hydrogen-bond acceptors (Lipinski definition) is 3. The van der Waals surface area contributed by atoms with Gasteiger partial charge in [-0.15, -0.1) is 0 Å². The summed E-state index contributed by atoms with van der Waals surface area (Å²) in [6.07, 6.45) is 3.38. The molecule has 3 heteroatoms. The van der Waals surface area contributed by atoms with Crippen molar-refractivity contribution in [1.29, 1.82) is 0 Å². The first-order valence-electron chi connectivity index (χ1n) is 4.53. The highest BCUT2D eigenvalue weighted by Crippen LogP contribution is 2.25. The molecule has 1 aromatic heterocycles. The second-order valence-electron chi connectivity index (χ2n) is 3.93. The Bertz CT molecular complexity index is 292. The van der Waals surface area contributed by atoms with Crippen molar-refractivity contribution in [3.63, 3.8) is 0 Å². The van der Waals surface area contributed by atoms with E-state index < -0.39 is 5.54 Å². The highest BCUT2D eigenvalue weighted by Gasteiger charge is 2.28. The molecule has 0 spiro atoms. The van der Waals surface area contributed by atoms with E-state index in [4.69, 9.17) is 5.73 Å². The Kier molecular flexibility index (Phi) is 2.66. The average Bonchev–Trinajstić information content (AvgIpc) is 2.04. The highest BCUT2D eigenvalue weighted by molar-refractivity contribution is 5.18. The summed E-state index contributed by atoms with van der Waals surface area (Å²) >= 11 is 0. The van der Waals surface area contributed by atoms with Crippen LogP contribution in [0.4, 0.5) is 0 Å². The lowest BCUT2D eigenvalue weighted by Crippen LogP contribution is -2.40. The maximum Gasteiger partial charge on any atom is 0.0814 e. The predicted octanol–water partition coefficient (Wildman–Crippen LogP) is 1.61. The molecule has 72 valence electrons. The minimum absolute atomic E-state index is 0.350. The van der Waals surface area contributed by atoms with Crippen molar-refractivity contribution in [3.8, 4) is 0 Å². The minimum atomic E-state index is -0.391. The Morgan fingerprint density at radius 1 is 1.31 bits per heavy atom. The molecule has 0 fully saturated rings. The largest absolute Gasteiger partial charge is 0.320 e. The normalized spacial score (nSPS) is 15.8. The van der Waals surface area contributed by atoms with Crippen LogP contribution in [0.3, 0.4) is 0 Å².